The molecule has 1 saturated heterocycles. The van der Waals surface area contributed by atoms with E-state index in [2.05, 4.69) is 5.10 Å². The van der Waals surface area contributed by atoms with Gasteiger partial charge < -0.3 is 14.2 Å². The molecular weight excluding hydrogens is 395 g/mol. The lowest BCUT2D eigenvalue weighted by molar-refractivity contribution is 0.0712. The van der Waals surface area contributed by atoms with E-state index in [1.165, 1.54) is 6.07 Å². The number of rotatable bonds is 4. The van der Waals surface area contributed by atoms with Crippen molar-refractivity contribution in [2.45, 2.75) is 20.4 Å². The van der Waals surface area contributed by atoms with E-state index in [1.807, 2.05) is 24.8 Å². The topological polar surface area (TPSA) is 54.5 Å². The average Bonchev–Trinajstić information content (AvgIpc) is 3.29. The van der Waals surface area contributed by atoms with Crippen LogP contribution in [0.25, 0.3) is 0 Å². The van der Waals surface area contributed by atoms with Crippen molar-refractivity contribution in [1.82, 2.24) is 14.7 Å². The predicted molar refractivity (Wildman–Crippen MR) is 109 cm³/mol. The number of aromatic nitrogens is 2. The highest BCUT2D eigenvalue weighted by Gasteiger charge is 2.25. The zero-order valence-corrected chi connectivity index (χ0v) is 17.1. The van der Waals surface area contributed by atoms with Crippen molar-refractivity contribution in [1.29, 1.82) is 0 Å². The summed E-state index contributed by atoms with van der Waals surface area (Å²) in [7, 11) is 0. The van der Waals surface area contributed by atoms with Crippen LogP contribution < -0.4 is 4.90 Å². The number of hydrogen-bond acceptors (Lipinski definition) is 4. The number of furan rings is 1. The molecule has 0 N–H and O–H groups in total. The predicted octanol–water partition coefficient (Wildman–Crippen LogP) is 3.90. The Morgan fingerprint density at radius 1 is 1.14 bits per heavy atom. The second-order valence-corrected chi connectivity index (χ2v) is 7.52. The number of benzene rings is 1. The van der Waals surface area contributed by atoms with E-state index >= 15 is 0 Å². The van der Waals surface area contributed by atoms with Crippen molar-refractivity contribution in [2.75, 3.05) is 31.1 Å². The molecule has 0 aliphatic carbocycles. The Kier molecular flexibility index (Phi) is 5.32. The summed E-state index contributed by atoms with van der Waals surface area (Å²) in [4.78, 5) is 16.5. The number of hydrogen-bond donors (Lipinski definition) is 0. The second kappa shape index (κ2) is 7.91. The number of nitrogens with zero attached hydrogens (tertiary/aromatic N) is 4. The second-order valence-electron chi connectivity index (χ2n) is 7.14. The lowest BCUT2D eigenvalue weighted by Gasteiger charge is -2.35. The summed E-state index contributed by atoms with van der Waals surface area (Å²) in [6, 6.07) is 10.2. The molecule has 1 aliphatic rings. The minimum Gasteiger partial charge on any atom is -0.454 e. The molecule has 3 aromatic rings. The first-order chi connectivity index (χ1) is 13.9. The first-order valence-electron chi connectivity index (χ1n) is 9.51. The van der Waals surface area contributed by atoms with Gasteiger partial charge in [-0.3, -0.25) is 9.48 Å². The lowest BCUT2D eigenvalue weighted by atomic mass is 10.2. The molecule has 3 heterocycles. The zero-order valence-electron chi connectivity index (χ0n) is 16.4. The summed E-state index contributed by atoms with van der Waals surface area (Å²) in [6.07, 6.45) is 0. The first-order valence-corrected chi connectivity index (χ1v) is 9.89. The number of amides is 1. The molecule has 0 unspecified atom stereocenters. The summed E-state index contributed by atoms with van der Waals surface area (Å²) in [5.41, 5.74) is 2.20. The summed E-state index contributed by atoms with van der Waals surface area (Å²) in [5.74, 6) is 0.538. The van der Waals surface area contributed by atoms with Crippen molar-refractivity contribution in [3.05, 3.63) is 70.1 Å². The standard InChI is InChI=1S/C21H22ClFN4O2/c1-14-20(22)15(2)27(24-14)13-16-7-8-19(29-16)21(28)26-11-9-25(10-12-26)18-6-4-3-5-17(18)23/h3-8H,9-13H2,1-2H3. The molecule has 0 bridgehead atoms. The van der Waals surface area contributed by atoms with Gasteiger partial charge in [-0.15, -0.1) is 0 Å². The Hall–Kier alpha value is -2.80. The maximum Gasteiger partial charge on any atom is 0.289 e. The SMILES string of the molecule is Cc1nn(Cc2ccc(C(=O)N3CCN(c4ccccc4F)CC3)o2)c(C)c1Cl. The smallest absolute Gasteiger partial charge is 0.289 e. The van der Waals surface area contributed by atoms with E-state index in [-0.39, 0.29) is 11.7 Å². The van der Waals surface area contributed by atoms with Gasteiger partial charge in [-0.2, -0.15) is 5.10 Å². The molecular formula is C21H22ClFN4O2. The fourth-order valence-electron chi connectivity index (χ4n) is 3.57. The third kappa shape index (κ3) is 3.87. The van der Waals surface area contributed by atoms with Crippen LogP contribution in [-0.4, -0.2) is 46.8 Å². The molecule has 0 atom stereocenters. The summed E-state index contributed by atoms with van der Waals surface area (Å²) in [5, 5.41) is 5.03. The number of piperazine rings is 1. The van der Waals surface area contributed by atoms with Crippen molar-refractivity contribution in [3.8, 4) is 0 Å². The Bertz CT molecular complexity index is 1040. The third-order valence-electron chi connectivity index (χ3n) is 5.23. The summed E-state index contributed by atoms with van der Waals surface area (Å²) < 4.78 is 21.5. The highest BCUT2D eigenvalue weighted by molar-refractivity contribution is 6.31. The molecule has 1 fully saturated rings. The minimum absolute atomic E-state index is 0.157. The quantitative estimate of drug-likeness (QED) is 0.647. The molecule has 1 amide bonds. The van der Waals surface area contributed by atoms with Gasteiger partial charge in [0, 0.05) is 26.2 Å². The Balaban J connectivity index is 1.40. The van der Waals surface area contributed by atoms with Gasteiger partial charge in [-0.1, -0.05) is 23.7 Å². The average molecular weight is 417 g/mol. The Morgan fingerprint density at radius 3 is 2.52 bits per heavy atom. The van der Waals surface area contributed by atoms with Crippen LogP contribution in [0.2, 0.25) is 5.02 Å². The van der Waals surface area contributed by atoms with E-state index in [0.717, 1.165) is 11.4 Å². The van der Waals surface area contributed by atoms with E-state index in [0.29, 0.717) is 55.0 Å². The van der Waals surface area contributed by atoms with Crippen LogP contribution in [0.3, 0.4) is 0 Å². The fourth-order valence-corrected chi connectivity index (χ4v) is 3.70. The largest absolute Gasteiger partial charge is 0.454 e. The fraction of sp³-hybridized carbons (Fsp3) is 0.333. The summed E-state index contributed by atoms with van der Waals surface area (Å²) >= 11 is 6.19. The molecule has 4 rings (SSSR count). The van der Waals surface area contributed by atoms with Gasteiger partial charge in [-0.05, 0) is 38.1 Å². The van der Waals surface area contributed by atoms with Gasteiger partial charge in [0.05, 0.1) is 28.6 Å². The third-order valence-corrected chi connectivity index (χ3v) is 5.78. The van der Waals surface area contributed by atoms with Crippen molar-refractivity contribution >= 4 is 23.2 Å². The maximum atomic E-state index is 14.0. The van der Waals surface area contributed by atoms with Crippen LogP contribution in [0.5, 0.6) is 0 Å². The van der Waals surface area contributed by atoms with Gasteiger partial charge in [-0.25, -0.2) is 4.39 Å². The number of aryl methyl sites for hydroxylation is 1. The lowest BCUT2D eigenvalue weighted by Crippen LogP contribution is -2.49. The number of para-hydroxylation sites is 1. The molecule has 0 radical (unpaired) electrons. The van der Waals surface area contributed by atoms with E-state index in [9.17, 15) is 9.18 Å². The molecule has 6 nitrogen and oxygen atoms in total. The molecule has 8 heteroatoms. The van der Waals surface area contributed by atoms with Crippen LogP contribution in [-0.2, 0) is 6.54 Å². The van der Waals surface area contributed by atoms with Gasteiger partial charge in [0.2, 0.25) is 0 Å². The monoisotopic (exact) mass is 416 g/mol. The Morgan fingerprint density at radius 2 is 1.86 bits per heavy atom. The van der Waals surface area contributed by atoms with Gasteiger partial charge >= 0.3 is 0 Å². The van der Waals surface area contributed by atoms with E-state index in [4.69, 9.17) is 16.0 Å². The molecule has 152 valence electrons. The molecule has 1 aromatic carbocycles. The highest BCUT2D eigenvalue weighted by Crippen LogP contribution is 2.22. The van der Waals surface area contributed by atoms with Crippen molar-refractivity contribution in [2.24, 2.45) is 0 Å². The van der Waals surface area contributed by atoms with Crippen LogP contribution in [0.4, 0.5) is 10.1 Å². The van der Waals surface area contributed by atoms with Crippen LogP contribution in [0, 0.1) is 19.7 Å². The number of anilines is 1. The molecule has 0 spiro atoms. The Labute approximate surface area is 173 Å². The van der Waals surface area contributed by atoms with E-state index in [1.54, 1.807) is 33.8 Å². The number of carbonyl (C=O) groups excluding carboxylic acids is 1. The minimum atomic E-state index is -0.243. The van der Waals surface area contributed by atoms with Crippen LogP contribution in [0.1, 0.15) is 27.7 Å². The summed E-state index contributed by atoms with van der Waals surface area (Å²) in [6.45, 7) is 6.32. The highest BCUT2D eigenvalue weighted by atomic mass is 35.5. The van der Waals surface area contributed by atoms with E-state index < -0.39 is 0 Å². The number of halogens is 2. The molecule has 2 aromatic heterocycles. The first kappa shape index (κ1) is 19.5. The normalized spacial score (nSPS) is 14.5. The van der Waals surface area contributed by atoms with Gasteiger partial charge in [0.1, 0.15) is 11.6 Å². The van der Waals surface area contributed by atoms with Crippen molar-refractivity contribution < 1.29 is 13.6 Å². The molecule has 1 aliphatic heterocycles. The van der Waals surface area contributed by atoms with Crippen molar-refractivity contribution in [3.63, 3.8) is 0 Å². The molecule has 0 saturated carbocycles. The van der Waals surface area contributed by atoms with Crippen LogP contribution >= 0.6 is 11.6 Å². The number of carbonyl (C=O) groups is 1. The van der Waals surface area contributed by atoms with Gasteiger partial charge in [0.15, 0.2) is 5.76 Å². The van der Waals surface area contributed by atoms with Crippen LogP contribution in [0.15, 0.2) is 40.8 Å². The maximum absolute atomic E-state index is 14.0. The molecule has 29 heavy (non-hydrogen) atoms. The zero-order chi connectivity index (χ0) is 20.5. The van der Waals surface area contributed by atoms with Gasteiger partial charge in [0.25, 0.3) is 5.91 Å².